The van der Waals surface area contributed by atoms with Crippen LogP contribution in [0.4, 0.5) is 0 Å². The summed E-state index contributed by atoms with van der Waals surface area (Å²) in [6, 6.07) is 0. The standard InChI is InChI=1S/C21H36B2O4/c1-2-4-12-19(23-25-15-21(27-23)17-9-6-10-17)13-18(11-3-1)22-24-14-20(26-22)16-7-5-8-16/h16-21H,1-15H2. The van der Waals surface area contributed by atoms with Gasteiger partial charge in [-0.3, -0.25) is 0 Å². The van der Waals surface area contributed by atoms with Crippen LogP contribution in [0.5, 0.6) is 0 Å². The Balaban J connectivity index is 1.20. The third-order valence-corrected chi connectivity index (χ3v) is 8.09. The van der Waals surface area contributed by atoms with Crippen LogP contribution >= 0.6 is 0 Å². The van der Waals surface area contributed by atoms with E-state index < -0.39 is 0 Å². The highest BCUT2D eigenvalue weighted by molar-refractivity contribution is 6.49. The van der Waals surface area contributed by atoms with Crippen molar-refractivity contribution in [2.24, 2.45) is 11.8 Å². The summed E-state index contributed by atoms with van der Waals surface area (Å²) in [5.74, 6) is 2.53. The minimum Gasteiger partial charge on any atom is -0.408 e. The summed E-state index contributed by atoms with van der Waals surface area (Å²) >= 11 is 0. The Morgan fingerprint density at radius 1 is 0.519 bits per heavy atom. The van der Waals surface area contributed by atoms with Crippen LogP contribution in [-0.2, 0) is 18.6 Å². The second kappa shape index (κ2) is 8.77. The van der Waals surface area contributed by atoms with Crippen molar-refractivity contribution >= 4 is 14.2 Å². The molecule has 27 heavy (non-hydrogen) atoms. The molecule has 5 fully saturated rings. The molecule has 0 N–H and O–H groups in total. The van der Waals surface area contributed by atoms with Gasteiger partial charge < -0.3 is 18.6 Å². The summed E-state index contributed by atoms with van der Waals surface area (Å²) in [6.45, 7) is 1.63. The van der Waals surface area contributed by atoms with Crippen molar-refractivity contribution in [2.75, 3.05) is 13.2 Å². The maximum absolute atomic E-state index is 6.44. The van der Waals surface area contributed by atoms with Crippen LogP contribution in [0.15, 0.2) is 0 Å². The van der Waals surface area contributed by atoms with Gasteiger partial charge in [-0.15, -0.1) is 0 Å². The molecule has 0 bridgehead atoms. The van der Waals surface area contributed by atoms with E-state index in [4.69, 9.17) is 18.6 Å². The minimum atomic E-state index is 0.0139. The van der Waals surface area contributed by atoms with Crippen molar-refractivity contribution in [3.63, 3.8) is 0 Å². The van der Waals surface area contributed by atoms with Crippen LogP contribution in [0.3, 0.4) is 0 Å². The molecule has 2 aliphatic heterocycles. The molecular weight excluding hydrogens is 338 g/mol. The first-order valence-electron chi connectivity index (χ1n) is 11.9. The summed E-state index contributed by atoms with van der Waals surface area (Å²) in [4.78, 5) is 0. The van der Waals surface area contributed by atoms with Crippen LogP contribution in [-0.4, -0.2) is 39.7 Å². The van der Waals surface area contributed by atoms with Crippen LogP contribution in [0.1, 0.15) is 83.5 Å². The molecule has 3 saturated carbocycles. The highest BCUT2D eigenvalue weighted by atomic mass is 16.6. The van der Waals surface area contributed by atoms with Gasteiger partial charge in [-0.05, 0) is 49.2 Å². The van der Waals surface area contributed by atoms with Crippen molar-refractivity contribution in [1.82, 2.24) is 0 Å². The lowest BCUT2D eigenvalue weighted by atomic mass is 9.58. The van der Waals surface area contributed by atoms with E-state index in [1.807, 2.05) is 0 Å². The normalized spacial score (nSPS) is 39.6. The summed E-state index contributed by atoms with van der Waals surface area (Å²) in [7, 11) is 0.0278. The molecule has 6 heteroatoms. The average Bonchev–Trinajstić information content (AvgIpc) is 3.22. The molecule has 4 unspecified atom stereocenters. The van der Waals surface area contributed by atoms with Gasteiger partial charge in [0.2, 0.25) is 0 Å². The van der Waals surface area contributed by atoms with E-state index in [1.165, 1.54) is 77.0 Å². The Morgan fingerprint density at radius 3 is 1.41 bits per heavy atom. The van der Waals surface area contributed by atoms with E-state index in [0.29, 0.717) is 23.8 Å². The van der Waals surface area contributed by atoms with E-state index in [2.05, 4.69) is 0 Å². The van der Waals surface area contributed by atoms with Gasteiger partial charge in [0.15, 0.2) is 0 Å². The number of hydrogen-bond acceptors (Lipinski definition) is 4. The molecule has 5 rings (SSSR count). The Morgan fingerprint density at radius 2 is 1.00 bits per heavy atom. The van der Waals surface area contributed by atoms with E-state index in [9.17, 15) is 0 Å². The predicted molar refractivity (Wildman–Crippen MR) is 108 cm³/mol. The van der Waals surface area contributed by atoms with Crippen LogP contribution < -0.4 is 0 Å². The highest BCUT2D eigenvalue weighted by Gasteiger charge is 2.47. The summed E-state index contributed by atoms with van der Waals surface area (Å²) < 4.78 is 25.3. The maximum atomic E-state index is 6.44. The van der Waals surface area contributed by atoms with Gasteiger partial charge in [0.05, 0.1) is 25.4 Å². The average molecular weight is 374 g/mol. The van der Waals surface area contributed by atoms with Crippen molar-refractivity contribution in [2.45, 2.75) is 107 Å². The molecule has 5 aliphatic rings. The molecule has 0 spiro atoms. The van der Waals surface area contributed by atoms with E-state index >= 15 is 0 Å². The summed E-state index contributed by atoms with van der Waals surface area (Å²) in [5, 5.41) is 0. The molecule has 0 aromatic heterocycles. The van der Waals surface area contributed by atoms with Gasteiger partial charge in [-0.1, -0.05) is 57.8 Å². The molecule has 0 aromatic carbocycles. The van der Waals surface area contributed by atoms with Crippen LogP contribution in [0.2, 0.25) is 11.6 Å². The van der Waals surface area contributed by atoms with Crippen LogP contribution in [0.25, 0.3) is 0 Å². The fraction of sp³-hybridized carbons (Fsp3) is 1.00. The first-order valence-corrected chi connectivity index (χ1v) is 11.9. The van der Waals surface area contributed by atoms with Crippen molar-refractivity contribution in [1.29, 1.82) is 0 Å². The molecule has 2 saturated heterocycles. The van der Waals surface area contributed by atoms with Gasteiger partial charge in [-0.2, -0.15) is 0 Å². The lowest BCUT2D eigenvalue weighted by molar-refractivity contribution is 0.0990. The topological polar surface area (TPSA) is 36.9 Å². The molecule has 4 atom stereocenters. The Labute approximate surface area is 165 Å². The fourth-order valence-corrected chi connectivity index (χ4v) is 5.78. The summed E-state index contributed by atoms with van der Waals surface area (Å²) in [6.07, 6.45) is 17.7. The lowest BCUT2D eigenvalue weighted by Crippen LogP contribution is -2.33. The van der Waals surface area contributed by atoms with E-state index in [1.54, 1.807) is 0 Å². The van der Waals surface area contributed by atoms with Crippen molar-refractivity contribution < 1.29 is 18.6 Å². The zero-order valence-corrected chi connectivity index (χ0v) is 16.9. The smallest absolute Gasteiger partial charge is 0.408 e. The molecule has 0 aromatic rings. The predicted octanol–water partition coefficient (Wildman–Crippen LogP) is 4.88. The van der Waals surface area contributed by atoms with Gasteiger partial charge in [-0.25, -0.2) is 0 Å². The Hall–Kier alpha value is -0.0301. The second-order valence-electron chi connectivity index (χ2n) is 9.88. The molecule has 0 radical (unpaired) electrons. The zero-order chi connectivity index (χ0) is 18.1. The molecule has 3 aliphatic carbocycles. The SMILES string of the molecule is C1CCCC(B2OCC(C3CCC3)O2)CC(B2OCC(C3CCC3)O2)CC1. The van der Waals surface area contributed by atoms with Gasteiger partial charge in [0.1, 0.15) is 0 Å². The third kappa shape index (κ3) is 4.29. The first kappa shape index (κ1) is 19.0. The molecule has 2 heterocycles. The van der Waals surface area contributed by atoms with Gasteiger partial charge >= 0.3 is 14.2 Å². The van der Waals surface area contributed by atoms with Crippen molar-refractivity contribution in [3.05, 3.63) is 0 Å². The molecular formula is C21H36B2O4. The van der Waals surface area contributed by atoms with E-state index in [-0.39, 0.29) is 14.2 Å². The Bertz CT molecular complexity index is 443. The van der Waals surface area contributed by atoms with E-state index in [0.717, 1.165) is 31.5 Å². The fourth-order valence-electron chi connectivity index (χ4n) is 5.78. The molecule has 0 amide bonds. The molecule has 4 nitrogen and oxygen atoms in total. The second-order valence-corrected chi connectivity index (χ2v) is 9.88. The number of rotatable bonds is 4. The lowest BCUT2D eigenvalue weighted by Gasteiger charge is -2.31. The third-order valence-electron chi connectivity index (χ3n) is 8.09. The summed E-state index contributed by atoms with van der Waals surface area (Å²) in [5.41, 5.74) is 0. The maximum Gasteiger partial charge on any atom is 0.460 e. The highest BCUT2D eigenvalue weighted by Crippen LogP contribution is 2.43. The quantitative estimate of drug-likeness (QED) is 0.658. The number of hydrogen-bond donors (Lipinski definition) is 0. The zero-order valence-electron chi connectivity index (χ0n) is 16.9. The monoisotopic (exact) mass is 374 g/mol. The largest absolute Gasteiger partial charge is 0.460 e. The van der Waals surface area contributed by atoms with Crippen LogP contribution in [0, 0.1) is 11.8 Å². The molecule has 150 valence electrons. The first-order chi connectivity index (χ1) is 13.4. The van der Waals surface area contributed by atoms with Gasteiger partial charge in [0.25, 0.3) is 0 Å². The minimum absolute atomic E-state index is 0.0139. The Kier molecular flexibility index (Phi) is 6.16. The van der Waals surface area contributed by atoms with Crippen molar-refractivity contribution in [3.8, 4) is 0 Å². The van der Waals surface area contributed by atoms with Gasteiger partial charge in [0, 0.05) is 0 Å².